The highest BCUT2D eigenvalue weighted by molar-refractivity contribution is 7.89. The van der Waals surface area contributed by atoms with Crippen LogP contribution in [0, 0.1) is 10.6 Å². The van der Waals surface area contributed by atoms with E-state index in [4.69, 9.17) is 12.2 Å². The van der Waals surface area contributed by atoms with Crippen molar-refractivity contribution in [2.24, 2.45) is 0 Å². The van der Waals surface area contributed by atoms with E-state index in [0.29, 0.717) is 24.5 Å². The van der Waals surface area contributed by atoms with Gasteiger partial charge in [0.05, 0.1) is 16.9 Å². The second kappa shape index (κ2) is 7.50. The summed E-state index contributed by atoms with van der Waals surface area (Å²) in [4.78, 5) is 2.66. The van der Waals surface area contributed by atoms with Gasteiger partial charge in [0.25, 0.3) is 0 Å². The van der Waals surface area contributed by atoms with Gasteiger partial charge >= 0.3 is 0 Å². The fraction of sp³-hybridized carbons (Fsp3) is 0.263. The molecule has 1 saturated heterocycles. The number of hydrogen-bond acceptors (Lipinski definition) is 6. The minimum atomic E-state index is -3.85. The number of piperazine rings is 1. The van der Waals surface area contributed by atoms with E-state index in [2.05, 4.69) is 10.00 Å². The molecule has 4 aromatic rings. The normalized spacial score (nSPS) is 16.6. The van der Waals surface area contributed by atoms with Gasteiger partial charge in [0.15, 0.2) is 0 Å². The fourth-order valence-electron chi connectivity index (χ4n) is 3.67. The summed E-state index contributed by atoms with van der Waals surface area (Å²) in [5.74, 6) is -0.725. The van der Waals surface area contributed by atoms with Crippen LogP contribution in [-0.4, -0.2) is 58.0 Å². The van der Waals surface area contributed by atoms with Gasteiger partial charge in [-0.3, -0.25) is 9.30 Å². The number of para-hydroxylation sites is 1. The maximum absolute atomic E-state index is 14.0. The first-order valence-electron chi connectivity index (χ1n) is 9.39. The van der Waals surface area contributed by atoms with Gasteiger partial charge in [-0.25, -0.2) is 17.5 Å². The number of hydrogen-bond donors (Lipinski definition) is 0. The number of aromatic nitrogens is 3. The van der Waals surface area contributed by atoms with Crippen molar-refractivity contribution < 1.29 is 12.8 Å². The van der Waals surface area contributed by atoms with Crippen LogP contribution in [0.2, 0.25) is 0 Å². The van der Waals surface area contributed by atoms with Crippen LogP contribution < -0.4 is 0 Å². The molecule has 0 N–H and O–H groups in total. The zero-order valence-electron chi connectivity index (χ0n) is 15.8. The van der Waals surface area contributed by atoms with Crippen LogP contribution in [0.15, 0.2) is 53.4 Å². The summed E-state index contributed by atoms with van der Waals surface area (Å²) in [5, 5.41) is 4.64. The Labute approximate surface area is 181 Å². The van der Waals surface area contributed by atoms with E-state index >= 15 is 0 Å². The summed E-state index contributed by atoms with van der Waals surface area (Å²) < 4.78 is 46.3. The SMILES string of the molecule is O=S(=O)(c1ccccc1F)N1CCN(Cn2nc3sc4ccccc4n3c2=S)CC1. The summed E-state index contributed by atoms with van der Waals surface area (Å²) in [6, 6.07) is 13.5. The zero-order chi connectivity index (χ0) is 20.9. The average molecular weight is 464 g/mol. The summed E-state index contributed by atoms with van der Waals surface area (Å²) in [7, 11) is -3.85. The Kier molecular flexibility index (Phi) is 4.94. The van der Waals surface area contributed by atoms with Crippen molar-refractivity contribution in [1.82, 2.24) is 23.4 Å². The molecule has 0 aliphatic carbocycles. The van der Waals surface area contributed by atoms with Crippen LogP contribution in [0.25, 0.3) is 15.2 Å². The van der Waals surface area contributed by atoms with Crippen LogP contribution in [-0.2, 0) is 16.7 Å². The predicted octanol–water partition coefficient (Wildman–Crippen LogP) is 3.18. The Bertz CT molecular complexity index is 1400. The van der Waals surface area contributed by atoms with Crippen molar-refractivity contribution >= 4 is 48.8 Å². The highest BCUT2D eigenvalue weighted by atomic mass is 32.2. The Morgan fingerprint density at radius 2 is 1.73 bits per heavy atom. The van der Waals surface area contributed by atoms with Gasteiger partial charge in [0.2, 0.25) is 19.8 Å². The summed E-state index contributed by atoms with van der Waals surface area (Å²) in [6.45, 7) is 2.09. The lowest BCUT2D eigenvalue weighted by Crippen LogP contribution is -2.49. The number of sulfonamides is 1. The third kappa shape index (κ3) is 3.26. The maximum Gasteiger partial charge on any atom is 0.246 e. The third-order valence-electron chi connectivity index (χ3n) is 5.24. The molecule has 2 aromatic carbocycles. The molecule has 156 valence electrons. The van der Waals surface area contributed by atoms with Gasteiger partial charge in [0.1, 0.15) is 10.7 Å². The van der Waals surface area contributed by atoms with E-state index in [1.807, 2.05) is 28.7 Å². The predicted molar refractivity (Wildman–Crippen MR) is 116 cm³/mol. The molecule has 0 radical (unpaired) electrons. The van der Waals surface area contributed by atoms with Gasteiger partial charge in [0, 0.05) is 26.2 Å². The van der Waals surface area contributed by atoms with E-state index < -0.39 is 15.8 Å². The molecule has 0 amide bonds. The van der Waals surface area contributed by atoms with E-state index in [1.54, 1.807) is 16.0 Å². The van der Waals surface area contributed by atoms with Crippen LogP contribution >= 0.6 is 23.6 Å². The molecule has 1 fully saturated rings. The molecule has 0 atom stereocenters. The smallest absolute Gasteiger partial charge is 0.246 e. The molecule has 30 heavy (non-hydrogen) atoms. The molecule has 1 aliphatic rings. The average Bonchev–Trinajstić information content (AvgIpc) is 3.25. The molecule has 7 nitrogen and oxygen atoms in total. The lowest BCUT2D eigenvalue weighted by molar-refractivity contribution is 0.145. The van der Waals surface area contributed by atoms with Gasteiger partial charge in [-0.1, -0.05) is 35.6 Å². The molecular formula is C19H18FN5O2S3. The summed E-state index contributed by atoms with van der Waals surface area (Å²) >= 11 is 7.22. The molecule has 5 rings (SSSR count). The molecule has 3 heterocycles. The first kappa shape index (κ1) is 19.8. The van der Waals surface area contributed by atoms with Crippen molar-refractivity contribution in [1.29, 1.82) is 0 Å². The van der Waals surface area contributed by atoms with E-state index in [0.717, 1.165) is 15.2 Å². The minimum Gasteiger partial charge on any atom is -0.282 e. The summed E-state index contributed by atoms with van der Waals surface area (Å²) in [5.41, 5.74) is 1.04. The first-order valence-corrected chi connectivity index (χ1v) is 12.1. The first-order chi connectivity index (χ1) is 14.4. The highest BCUT2D eigenvalue weighted by Gasteiger charge is 2.30. The Balaban J connectivity index is 1.33. The standard InChI is InChI=1S/C19H18FN5O2S3/c20-14-5-1-4-8-17(14)30(26,27)23-11-9-22(10-12-23)13-24-19(28)25-15-6-2-3-7-16(15)29-18(25)21-24/h1-8H,9-13H2. The van der Waals surface area contributed by atoms with Crippen LogP contribution in [0.1, 0.15) is 0 Å². The fourth-order valence-corrected chi connectivity index (χ4v) is 6.52. The van der Waals surface area contributed by atoms with Crippen LogP contribution in [0.3, 0.4) is 0 Å². The molecule has 0 spiro atoms. The van der Waals surface area contributed by atoms with Crippen molar-refractivity contribution in [2.75, 3.05) is 26.2 Å². The zero-order valence-corrected chi connectivity index (χ0v) is 18.3. The van der Waals surface area contributed by atoms with Crippen molar-refractivity contribution in [2.45, 2.75) is 11.6 Å². The number of nitrogens with zero attached hydrogens (tertiary/aromatic N) is 5. The molecule has 0 saturated carbocycles. The lowest BCUT2D eigenvalue weighted by atomic mass is 10.3. The molecule has 0 unspecified atom stereocenters. The van der Waals surface area contributed by atoms with Crippen LogP contribution in [0.4, 0.5) is 4.39 Å². The second-order valence-corrected chi connectivity index (χ2v) is 10.3. The highest BCUT2D eigenvalue weighted by Crippen LogP contribution is 2.26. The quantitative estimate of drug-likeness (QED) is 0.435. The summed E-state index contributed by atoms with van der Waals surface area (Å²) in [6.07, 6.45) is 0. The molecular weight excluding hydrogens is 445 g/mol. The van der Waals surface area contributed by atoms with Crippen molar-refractivity contribution in [3.63, 3.8) is 0 Å². The third-order valence-corrected chi connectivity index (χ3v) is 8.57. The molecule has 11 heteroatoms. The number of benzene rings is 2. The van der Waals surface area contributed by atoms with Gasteiger partial charge in [-0.15, -0.1) is 5.10 Å². The number of thiazole rings is 1. The molecule has 1 aliphatic heterocycles. The lowest BCUT2D eigenvalue weighted by Gasteiger charge is -2.33. The Morgan fingerprint density at radius 3 is 2.50 bits per heavy atom. The largest absolute Gasteiger partial charge is 0.282 e. The second-order valence-electron chi connectivity index (χ2n) is 7.06. The Morgan fingerprint density at radius 1 is 1.03 bits per heavy atom. The molecule has 2 aromatic heterocycles. The van der Waals surface area contributed by atoms with Gasteiger partial charge in [-0.2, -0.15) is 4.31 Å². The van der Waals surface area contributed by atoms with Gasteiger partial charge < -0.3 is 0 Å². The van der Waals surface area contributed by atoms with Crippen molar-refractivity contribution in [3.8, 4) is 0 Å². The maximum atomic E-state index is 14.0. The number of halogens is 1. The number of rotatable bonds is 4. The van der Waals surface area contributed by atoms with Crippen molar-refractivity contribution in [3.05, 3.63) is 59.1 Å². The number of fused-ring (bicyclic) bond motifs is 3. The topological polar surface area (TPSA) is 62.9 Å². The van der Waals surface area contributed by atoms with Gasteiger partial charge in [-0.05, 0) is 36.5 Å². The Hall–Kier alpha value is -2.18. The van der Waals surface area contributed by atoms with E-state index in [-0.39, 0.29) is 18.0 Å². The molecule has 0 bridgehead atoms. The van der Waals surface area contributed by atoms with E-state index in [1.165, 1.54) is 28.6 Å². The monoisotopic (exact) mass is 463 g/mol. The van der Waals surface area contributed by atoms with E-state index in [9.17, 15) is 12.8 Å². The van der Waals surface area contributed by atoms with Crippen LogP contribution in [0.5, 0.6) is 0 Å². The minimum absolute atomic E-state index is 0.276.